The molecule has 2 fully saturated rings. The molecule has 0 aromatic heterocycles. The van der Waals surface area contributed by atoms with Gasteiger partial charge in [-0.2, -0.15) is 0 Å². The summed E-state index contributed by atoms with van der Waals surface area (Å²) >= 11 is 0. The molecule has 3 nitrogen and oxygen atoms in total. The zero-order valence-corrected chi connectivity index (χ0v) is 6.12. The van der Waals surface area contributed by atoms with E-state index in [1.807, 2.05) is 0 Å². The van der Waals surface area contributed by atoms with Crippen molar-refractivity contribution in [2.45, 2.75) is 18.5 Å². The molecule has 1 aliphatic heterocycles. The zero-order chi connectivity index (χ0) is 6.97. The third-order valence-electron chi connectivity index (χ3n) is 2.32. The lowest BCUT2D eigenvalue weighted by atomic mass is 10.4. The highest BCUT2D eigenvalue weighted by molar-refractivity contribution is 4.99. The zero-order valence-electron chi connectivity index (χ0n) is 6.12. The van der Waals surface area contributed by atoms with Crippen LogP contribution in [0.25, 0.3) is 0 Å². The van der Waals surface area contributed by atoms with Crippen LogP contribution in [0.15, 0.2) is 0 Å². The van der Waals surface area contributed by atoms with Crippen LogP contribution in [0.5, 0.6) is 0 Å². The van der Waals surface area contributed by atoms with Crippen LogP contribution in [-0.2, 0) is 4.74 Å². The van der Waals surface area contributed by atoms with Gasteiger partial charge in [0.05, 0.1) is 13.2 Å². The quantitative estimate of drug-likeness (QED) is 0.532. The molecule has 0 aromatic carbocycles. The first-order valence-corrected chi connectivity index (χ1v) is 3.95. The van der Waals surface area contributed by atoms with Gasteiger partial charge < -0.3 is 10.5 Å². The summed E-state index contributed by atoms with van der Waals surface area (Å²) < 4.78 is 5.23. The van der Waals surface area contributed by atoms with Gasteiger partial charge >= 0.3 is 0 Å². The predicted molar refractivity (Wildman–Crippen MR) is 38.8 cm³/mol. The highest BCUT2D eigenvalue weighted by atomic mass is 16.5. The minimum Gasteiger partial charge on any atom is -0.379 e. The average molecular weight is 142 g/mol. The molecule has 2 rings (SSSR count). The molecule has 2 aliphatic rings. The second kappa shape index (κ2) is 2.49. The molecular formula is C7H14N2O. The number of nitrogens with zero attached hydrogens (tertiary/aromatic N) is 1. The molecule has 1 heterocycles. The maximum absolute atomic E-state index is 5.71. The van der Waals surface area contributed by atoms with Gasteiger partial charge in [0, 0.05) is 25.2 Å². The maximum atomic E-state index is 5.71. The Morgan fingerprint density at radius 3 is 2.40 bits per heavy atom. The molecule has 1 aliphatic carbocycles. The van der Waals surface area contributed by atoms with Crippen LogP contribution in [-0.4, -0.2) is 43.3 Å². The number of rotatable bonds is 1. The van der Waals surface area contributed by atoms with Crippen LogP contribution in [0.1, 0.15) is 6.42 Å². The summed E-state index contributed by atoms with van der Waals surface area (Å²) in [6.45, 7) is 3.95. The van der Waals surface area contributed by atoms with Crippen molar-refractivity contribution in [2.75, 3.05) is 26.3 Å². The molecular weight excluding hydrogens is 128 g/mol. The molecule has 10 heavy (non-hydrogen) atoms. The molecule has 0 unspecified atom stereocenters. The molecule has 58 valence electrons. The van der Waals surface area contributed by atoms with Crippen molar-refractivity contribution in [3.05, 3.63) is 0 Å². The molecule has 0 radical (unpaired) electrons. The van der Waals surface area contributed by atoms with E-state index in [-0.39, 0.29) is 0 Å². The lowest BCUT2D eigenvalue weighted by Crippen LogP contribution is -2.39. The van der Waals surface area contributed by atoms with Crippen molar-refractivity contribution in [3.8, 4) is 0 Å². The molecule has 3 heteroatoms. The number of hydrogen-bond acceptors (Lipinski definition) is 3. The number of morpholine rings is 1. The highest BCUT2D eigenvalue weighted by Gasteiger charge is 2.38. The Morgan fingerprint density at radius 2 is 1.90 bits per heavy atom. The molecule has 0 spiro atoms. The molecule has 1 saturated carbocycles. The van der Waals surface area contributed by atoms with Gasteiger partial charge in [0.2, 0.25) is 0 Å². The summed E-state index contributed by atoms with van der Waals surface area (Å²) in [5.74, 6) is 0. The Hall–Kier alpha value is -0.120. The Bertz CT molecular complexity index is 123. The molecule has 0 aromatic rings. The van der Waals surface area contributed by atoms with E-state index in [2.05, 4.69) is 4.90 Å². The minimum absolute atomic E-state index is 0.457. The van der Waals surface area contributed by atoms with Crippen molar-refractivity contribution in [1.29, 1.82) is 0 Å². The van der Waals surface area contributed by atoms with Crippen LogP contribution >= 0.6 is 0 Å². The average Bonchev–Trinajstić information content (AvgIpc) is 2.69. The van der Waals surface area contributed by atoms with Crippen molar-refractivity contribution in [3.63, 3.8) is 0 Å². The van der Waals surface area contributed by atoms with Crippen molar-refractivity contribution in [2.24, 2.45) is 5.73 Å². The standard InChI is InChI=1S/C7H14N2O/c8-6-5-7(6)9-1-3-10-4-2-9/h6-7H,1-5,8H2/t6-,7-/m1/s1. The summed E-state index contributed by atoms with van der Waals surface area (Å²) in [7, 11) is 0. The first-order valence-electron chi connectivity index (χ1n) is 3.95. The summed E-state index contributed by atoms with van der Waals surface area (Å²) in [6.07, 6.45) is 1.19. The van der Waals surface area contributed by atoms with Gasteiger partial charge in [-0.1, -0.05) is 0 Å². The minimum atomic E-state index is 0.457. The van der Waals surface area contributed by atoms with E-state index >= 15 is 0 Å². The van der Waals surface area contributed by atoms with Gasteiger partial charge in [-0.15, -0.1) is 0 Å². The van der Waals surface area contributed by atoms with Gasteiger partial charge in [0.1, 0.15) is 0 Å². The highest BCUT2D eigenvalue weighted by Crippen LogP contribution is 2.25. The van der Waals surface area contributed by atoms with E-state index in [9.17, 15) is 0 Å². The molecule has 0 amide bonds. The Balaban J connectivity index is 1.81. The maximum Gasteiger partial charge on any atom is 0.0594 e. The molecule has 2 atom stereocenters. The largest absolute Gasteiger partial charge is 0.379 e. The van der Waals surface area contributed by atoms with E-state index in [4.69, 9.17) is 10.5 Å². The fourth-order valence-corrected chi connectivity index (χ4v) is 1.53. The Kier molecular flexibility index (Phi) is 1.64. The third-order valence-corrected chi connectivity index (χ3v) is 2.32. The van der Waals surface area contributed by atoms with Gasteiger partial charge in [-0.25, -0.2) is 0 Å². The lowest BCUT2D eigenvalue weighted by molar-refractivity contribution is 0.0332. The van der Waals surface area contributed by atoms with E-state index in [0.717, 1.165) is 26.3 Å². The van der Waals surface area contributed by atoms with Crippen molar-refractivity contribution < 1.29 is 4.74 Å². The molecule has 0 bridgehead atoms. The summed E-state index contributed by atoms with van der Waals surface area (Å²) in [6, 6.07) is 1.14. The summed E-state index contributed by atoms with van der Waals surface area (Å²) in [5, 5.41) is 0. The monoisotopic (exact) mass is 142 g/mol. The van der Waals surface area contributed by atoms with E-state index in [1.54, 1.807) is 0 Å². The first-order chi connectivity index (χ1) is 4.88. The van der Waals surface area contributed by atoms with Crippen molar-refractivity contribution in [1.82, 2.24) is 4.90 Å². The Morgan fingerprint density at radius 1 is 1.30 bits per heavy atom. The van der Waals surface area contributed by atoms with Gasteiger partial charge in [-0.3, -0.25) is 4.90 Å². The van der Waals surface area contributed by atoms with Gasteiger partial charge in [-0.05, 0) is 6.42 Å². The summed E-state index contributed by atoms with van der Waals surface area (Å²) in [4.78, 5) is 2.44. The first kappa shape index (κ1) is 6.58. The second-order valence-electron chi connectivity index (χ2n) is 3.12. The third kappa shape index (κ3) is 1.17. The number of nitrogens with two attached hydrogens (primary N) is 1. The smallest absolute Gasteiger partial charge is 0.0594 e. The van der Waals surface area contributed by atoms with Crippen LogP contribution in [0.2, 0.25) is 0 Å². The topological polar surface area (TPSA) is 38.5 Å². The normalized spacial score (nSPS) is 41.7. The second-order valence-corrected chi connectivity index (χ2v) is 3.12. The van der Waals surface area contributed by atoms with Gasteiger partial charge in [0.25, 0.3) is 0 Å². The molecule has 1 saturated heterocycles. The van der Waals surface area contributed by atoms with E-state index in [1.165, 1.54) is 6.42 Å². The molecule has 2 N–H and O–H groups in total. The number of ether oxygens (including phenoxy) is 1. The lowest BCUT2D eigenvalue weighted by Gasteiger charge is -2.26. The van der Waals surface area contributed by atoms with Crippen LogP contribution in [0.4, 0.5) is 0 Å². The van der Waals surface area contributed by atoms with Crippen LogP contribution in [0.3, 0.4) is 0 Å². The SMILES string of the molecule is N[C@@H]1C[C@H]1N1CCOCC1. The predicted octanol–water partition coefficient (Wildman–Crippen LogP) is -0.582. The van der Waals surface area contributed by atoms with Crippen LogP contribution < -0.4 is 5.73 Å². The number of hydrogen-bond donors (Lipinski definition) is 1. The van der Waals surface area contributed by atoms with Gasteiger partial charge in [0.15, 0.2) is 0 Å². The van der Waals surface area contributed by atoms with E-state index < -0.39 is 0 Å². The van der Waals surface area contributed by atoms with Crippen molar-refractivity contribution >= 4 is 0 Å². The Labute approximate surface area is 61.1 Å². The summed E-state index contributed by atoms with van der Waals surface area (Å²) in [5.41, 5.74) is 5.71. The van der Waals surface area contributed by atoms with Crippen LogP contribution in [0, 0.1) is 0 Å². The van der Waals surface area contributed by atoms with E-state index in [0.29, 0.717) is 12.1 Å². The fourth-order valence-electron chi connectivity index (χ4n) is 1.53. The fraction of sp³-hybridized carbons (Fsp3) is 1.00.